The Labute approximate surface area is 118 Å². The zero-order valence-corrected chi connectivity index (χ0v) is 12.7. The van der Waals surface area contributed by atoms with E-state index in [4.69, 9.17) is 8.92 Å². The van der Waals surface area contributed by atoms with Gasteiger partial charge in [0.25, 0.3) is 0 Å². The van der Waals surface area contributed by atoms with Crippen LogP contribution in [0.2, 0.25) is 0 Å². The molecule has 0 aromatic heterocycles. The van der Waals surface area contributed by atoms with Gasteiger partial charge in [0, 0.05) is 5.75 Å². The average molecular weight is 323 g/mol. The predicted molar refractivity (Wildman–Crippen MR) is 71.4 cm³/mol. The second-order valence-corrected chi connectivity index (χ2v) is 7.24. The SMILES string of the molecule is COc1cc(CCCS(=O)(=O)[O-])ccc1OS(C)(=O)=O. The Hall–Kier alpha value is -1.32. The molecule has 1 aromatic carbocycles. The van der Waals surface area contributed by atoms with E-state index in [2.05, 4.69) is 0 Å². The standard InChI is InChI=1S/C11H16O7S2/c1-17-11-8-9(4-3-7-20(14,15)16)5-6-10(11)18-19(2,12)13/h5-6,8H,3-4,7H2,1-2H3,(H,14,15,16)/p-1. The second kappa shape index (κ2) is 6.42. The minimum Gasteiger partial charge on any atom is -0.748 e. The first-order valence-corrected chi connectivity index (χ1v) is 9.00. The molecule has 0 spiro atoms. The molecule has 0 heterocycles. The average Bonchev–Trinajstić information content (AvgIpc) is 2.27. The van der Waals surface area contributed by atoms with E-state index in [0.717, 1.165) is 6.26 Å². The smallest absolute Gasteiger partial charge is 0.306 e. The minimum absolute atomic E-state index is 0.0511. The van der Waals surface area contributed by atoms with Crippen molar-refractivity contribution in [1.29, 1.82) is 0 Å². The molecule has 7 nitrogen and oxygen atoms in total. The van der Waals surface area contributed by atoms with E-state index in [1.807, 2.05) is 0 Å². The maximum atomic E-state index is 11.1. The van der Waals surface area contributed by atoms with Crippen molar-refractivity contribution in [2.75, 3.05) is 19.1 Å². The molecule has 1 aromatic rings. The van der Waals surface area contributed by atoms with Crippen LogP contribution in [0.15, 0.2) is 18.2 Å². The quantitative estimate of drug-likeness (QED) is 0.531. The third-order valence-electron chi connectivity index (χ3n) is 2.33. The first kappa shape index (κ1) is 16.7. The maximum absolute atomic E-state index is 11.1. The van der Waals surface area contributed by atoms with Crippen molar-refractivity contribution >= 4 is 20.2 Å². The highest BCUT2D eigenvalue weighted by Gasteiger charge is 2.11. The fourth-order valence-corrected chi connectivity index (χ4v) is 2.51. The monoisotopic (exact) mass is 323 g/mol. The lowest BCUT2D eigenvalue weighted by Gasteiger charge is -2.11. The van der Waals surface area contributed by atoms with Crippen molar-refractivity contribution in [1.82, 2.24) is 0 Å². The van der Waals surface area contributed by atoms with Gasteiger partial charge < -0.3 is 13.5 Å². The summed E-state index contributed by atoms with van der Waals surface area (Å²) >= 11 is 0. The molecule has 0 aliphatic rings. The highest BCUT2D eigenvalue weighted by molar-refractivity contribution is 7.86. The van der Waals surface area contributed by atoms with Gasteiger partial charge in [0.15, 0.2) is 11.5 Å². The van der Waals surface area contributed by atoms with Crippen LogP contribution < -0.4 is 8.92 Å². The van der Waals surface area contributed by atoms with Crippen LogP contribution in [0.5, 0.6) is 11.5 Å². The van der Waals surface area contributed by atoms with Crippen molar-refractivity contribution in [3.05, 3.63) is 23.8 Å². The van der Waals surface area contributed by atoms with E-state index in [0.29, 0.717) is 12.0 Å². The number of rotatable bonds is 7. The summed E-state index contributed by atoms with van der Waals surface area (Å²) in [6.45, 7) is 0. The molecule has 0 amide bonds. The Morgan fingerprint density at radius 2 is 1.80 bits per heavy atom. The summed E-state index contributed by atoms with van der Waals surface area (Å²) in [5, 5.41) is 0. The third-order valence-corrected chi connectivity index (χ3v) is 3.60. The van der Waals surface area contributed by atoms with Gasteiger partial charge in [0.1, 0.15) is 0 Å². The highest BCUT2D eigenvalue weighted by atomic mass is 32.2. The Morgan fingerprint density at radius 1 is 1.15 bits per heavy atom. The van der Waals surface area contributed by atoms with Gasteiger partial charge in [-0.05, 0) is 30.5 Å². The number of methoxy groups -OCH3 is 1. The Bertz CT molecular complexity index is 662. The van der Waals surface area contributed by atoms with Crippen molar-refractivity contribution in [2.24, 2.45) is 0 Å². The van der Waals surface area contributed by atoms with Crippen LogP contribution in [0, 0.1) is 0 Å². The highest BCUT2D eigenvalue weighted by Crippen LogP contribution is 2.29. The molecule has 20 heavy (non-hydrogen) atoms. The van der Waals surface area contributed by atoms with Crippen LogP contribution in [-0.4, -0.2) is 40.5 Å². The molecule has 0 aliphatic heterocycles. The molecule has 0 N–H and O–H groups in total. The molecule has 0 unspecified atom stereocenters. The van der Waals surface area contributed by atoms with Crippen molar-refractivity contribution in [2.45, 2.75) is 12.8 Å². The number of hydrogen-bond donors (Lipinski definition) is 0. The second-order valence-electron chi connectivity index (χ2n) is 4.14. The van der Waals surface area contributed by atoms with Crippen LogP contribution in [0.1, 0.15) is 12.0 Å². The van der Waals surface area contributed by atoms with Gasteiger partial charge >= 0.3 is 10.1 Å². The van der Waals surface area contributed by atoms with Gasteiger partial charge in [-0.3, -0.25) is 0 Å². The third kappa shape index (κ3) is 6.22. The molecule has 1 rings (SSSR count). The van der Waals surface area contributed by atoms with Gasteiger partial charge in [-0.2, -0.15) is 8.42 Å². The topological polar surface area (TPSA) is 110 Å². The van der Waals surface area contributed by atoms with E-state index in [-0.39, 0.29) is 17.9 Å². The van der Waals surface area contributed by atoms with Crippen molar-refractivity contribution in [3.63, 3.8) is 0 Å². The zero-order chi connectivity index (χ0) is 15.4. The zero-order valence-electron chi connectivity index (χ0n) is 11.0. The van der Waals surface area contributed by atoms with Gasteiger partial charge in [-0.15, -0.1) is 0 Å². The molecular weight excluding hydrogens is 308 g/mol. The van der Waals surface area contributed by atoms with Crippen molar-refractivity contribution in [3.8, 4) is 11.5 Å². The Balaban J connectivity index is 2.82. The Kier molecular flexibility index (Phi) is 5.37. The van der Waals surface area contributed by atoms with E-state index >= 15 is 0 Å². The first-order valence-electron chi connectivity index (χ1n) is 5.61. The van der Waals surface area contributed by atoms with Crippen LogP contribution in [-0.2, 0) is 26.7 Å². The fraction of sp³-hybridized carbons (Fsp3) is 0.455. The van der Waals surface area contributed by atoms with Crippen LogP contribution in [0.3, 0.4) is 0 Å². The molecule has 0 radical (unpaired) electrons. The van der Waals surface area contributed by atoms with Gasteiger partial charge in [-0.1, -0.05) is 6.07 Å². The van der Waals surface area contributed by atoms with Crippen LogP contribution >= 0.6 is 0 Å². The fourth-order valence-electron chi connectivity index (χ4n) is 1.55. The summed E-state index contributed by atoms with van der Waals surface area (Å²) in [5.74, 6) is -0.176. The Morgan fingerprint density at radius 3 is 2.30 bits per heavy atom. The number of hydrogen-bond acceptors (Lipinski definition) is 7. The van der Waals surface area contributed by atoms with Crippen LogP contribution in [0.4, 0.5) is 0 Å². The summed E-state index contributed by atoms with van der Waals surface area (Å²) in [6, 6.07) is 4.54. The lowest BCUT2D eigenvalue weighted by atomic mass is 10.1. The molecule has 0 atom stereocenters. The molecule has 0 fully saturated rings. The number of ether oxygens (including phenoxy) is 1. The summed E-state index contributed by atoms with van der Waals surface area (Å²) in [5.41, 5.74) is 0.714. The predicted octanol–water partition coefficient (Wildman–Crippen LogP) is 0.511. The largest absolute Gasteiger partial charge is 0.748 e. The molecular formula is C11H15O7S2-. The molecule has 9 heteroatoms. The summed E-state index contributed by atoms with van der Waals surface area (Å²) < 4.78 is 63.3. The molecule has 114 valence electrons. The maximum Gasteiger partial charge on any atom is 0.306 e. The number of benzene rings is 1. The summed E-state index contributed by atoms with van der Waals surface area (Å²) in [7, 11) is -6.53. The van der Waals surface area contributed by atoms with E-state index in [1.165, 1.54) is 19.2 Å². The number of aryl methyl sites for hydroxylation is 1. The van der Waals surface area contributed by atoms with E-state index in [1.54, 1.807) is 6.07 Å². The van der Waals surface area contributed by atoms with Gasteiger partial charge in [-0.25, -0.2) is 8.42 Å². The molecule has 0 aliphatic carbocycles. The van der Waals surface area contributed by atoms with E-state index in [9.17, 15) is 21.4 Å². The normalized spacial score (nSPS) is 12.2. The van der Waals surface area contributed by atoms with Crippen molar-refractivity contribution < 1.29 is 30.3 Å². The lowest BCUT2D eigenvalue weighted by molar-refractivity contribution is 0.391. The summed E-state index contributed by atoms with van der Waals surface area (Å²) in [6.07, 6.45) is 1.46. The van der Waals surface area contributed by atoms with Gasteiger partial charge in [0.2, 0.25) is 0 Å². The minimum atomic E-state index is -4.23. The van der Waals surface area contributed by atoms with Crippen LogP contribution in [0.25, 0.3) is 0 Å². The van der Waals surface area contributed by atoms with Gasteiger partial charge in [0.05, 0.1) is 23.5 Å². The summed E-state index contributed by atoms with van der Waals surface area (Å²) in [4.78, 5) is 0. The molecule has 0 bridgehead atoms. The van der Waals surface area contributed by atoms with E-state index < -0.39 is 26.0 Å². The molecule has 0 saturated heterocycles. The molecule has 0 saturated carbocycles. The first-order chi connectivity index (χ1) is 9.11. The lowest BCUT2D eigenvalue weighted by Crippen LogP contribution is -2.07.